The Bertz CT molecular complexity index is 2600. The Morgan fingerprint density at radius 3 is 0.789 bits per heavy atom. The molecule has 0 bridgehead atoms. The molecule has 6 aromatic rings. The third-order valence-corrected chi connectivity index (χ3v) is 14.8. The molecule has 0 amide bonds. The monoisotopic (exact) mass is 1030 g/mol. The lowest BCUT2D eigenvalue weighted by Gasteiger charge is -2.45. The van der Waals surface area contributed by atoms with E-state index in [1.165, 1.54) is 0 Å². The fourth-order valence-corrected chi connectivity index (χ4v) is 11.3. The average molecular weight is 1030 g/mol. The molecule has 0 radical (unpaired) electrons. The van der Waals surface area contributed by atoms with Crippen LogP contribution in [0.2, 0.25) is 0 Å². The molecular weight excluding hydrogens is 973 g/mol. The molecule has 15 nitrogen and oxygen atoms in total. The fourth-order valence-electron chi connectivity index (χ4n) is 11.3. The summed E-state index contributed by atoms with van der Waals surface area (Å²) in [5.74, 6) is -1.45. The van der Waals surface area contributed by atoms with Crippen LogP contribution in [0.4, 0.5) is 14.4 Å². The quantitative estimate of drug-likeness (QED) is 0.0487. The first-order chi connectivity index (χ1) is 37.2. The number of carbonyl (C=O) groups excluding carboxylic acids is 6. The summed E-state index contributed by atoms with van der Waals surface area (Å²) in [7, 11) is 0. The summed E-state index contributed by atoms with van der Waals surface area (Å²) in [5, 5.41) is 0. The van der Waals surface area contributed by atoms with Gasteiger partial charge in [-0.15, -0.1) is 0 Å². The van der Waals surface area contributed by atoms with Crippen LogP contribution < -0.4 is 0 Å². The molecule has 15 heteroatoms. The molecular formula is C61H58O15. The number of ether oxygens (including phenoxy) is 3. The van der Waals surface area contributed by atoms with E-state index in [-0.39, 0.29) is 40.4 Å². The molecule has 9 rings (SSSR count). The smallest absolute Gasteiger partial charge is 0.428 e. The largest absolute Gasteiger partial charge is 0.550 e. The highest BCUT2D eigenvalue weighted by atomic mass is 17.2. The van der Waals surface area contributed by atoms with Crippen molar-refractivity contribution >= 4 is 36.4 Å². The molecule has 0 aliphatic heterocycles. The zero-order chi connectivity index (χ0) is 52.6. The van der Waals surface area contributed by atoms with Crippen molar-refractivity contribution in [2.24, 2.45) is 23.7 Å². The van der Waals surface area contributed by atoms with Crippen molar-refractivity contribution in [2.75, 3.05) is 0 Å². The zero-order valence-electron chi connectivity index (χ0n) is 41.7. The second kappa shape index (κ2) is 25.7. The summed E-state index contributed by atoms with van der Waals surface area (Å²) in [6.45, 7) is 0. The van der Waals surface area contributed by atoms with Crippen LogP contribution in [0, 0.1) is 23.7 Å². The second-order valence-electron chi connectivity index (χ2n) is 19.4. The molecule has 0 atom stereocenters. The standard InChI is InChI=1S/C61H58O15/c62-56(52-25-13-10-22-49(52)40-16-4-1-5-17-40)71-74-59(65)68-46-34-28-43(29-35-46)55(44-30-36-47(37-31-44)69-60(66)75-72-57(63)53-26-14-11-23-50(53)41-18-6-2-7-19-41)45-32-38-48(39-33-45)70-61(67)76-73-58(64)54-27-15-12-24-51(54)42-20-8-3-9-21-42/h1-27,43-48,55H,28-39H2. The van der Waals surface area contributed by atoms with Gasteiger partial charge in [0.2, 0.25) is 0 Å². The van der Waals surface area contributed by atoms with E-state index < -0.39 is 54.7 Å². The molecule has 0 heterocycles. The third kappa shape index (κ3) is 13.6. The van der Waals surface area contributed by atoms with Crippen LogP contribution in [0.5, 0.6) is 0 Å². The molecule has 0 unspecified atom stereocenters. The molecule has 0 N–H and O–H groups in total. The van der Waals surface area contributed by atoms with Crippen LogP contribution in [0.25, 0.3) is 33.4 Å². The van der Waals surface area contributed by atoms with Crippen LogP contribution in [0.15, 0.2) is 164 Å². The fraction of sp³-hybridized carbons (Fsp3) is 0.311. The van der Waals surface area contributed by atoms with Gasteiger partial charge >= 0.3 is 36.4 Å². The van der Waals surface area contributed by atoms with E-state index >= 15 is 0 Å². The lowest BCUT2D eigenvalue weighted by molar-refractivity contribution is -0.209. The number of hydrogen-bond donors (Lipinski definition) is 0. The minimum Gasteiger partial charge on any atom is -0.428 e. The van der Waals surface area contributed by atoms with Gasteiger partial charge < -0.3 is 14.2 Å². The molecule has 0 aromatic heterocycles. The van der Waals surface area contributed by atoms with E-state index in [1.54, 1.807) is 72.8 Å². The Labute approximate surface area is 440 Å². The average Bonchev–Trinajstić information content (AvgIpc) is 3.47. The molecule has 6 aromatic carbocycles. The molecule has 3 saturated carbocycles. The summed E-state index contributed by atoms with van der Waals surface area (Å²) >= 11 is 0. The Morgan fingerprint density at radius 2 is 0.526 bits per heavy atom. The van der Waals surface area contributed by atoms with E-state index in [0.717, 1.165) is 55.2 Å². The van der Waals surface area contributed by atoms with Gasteiger partial charge in [-0.05, 0) is 152 Å². The van der Waals surface area contributed by atoms with Crippen LogP contribution in [-0.4, -0.2) is 54.7 Å². The van der Waals surface area contributed by atoms with Gasteiger partial charge in [-0.3, -0.25) is 0 Å². The first kappa shape index (κ1) is 52.4. The Morgan fingerprint density at radius 1 is 0.289 bits per heavy atom. The topological polar surface area (TPSA) is 185 Å². The summed E-state index contributed by atoms with van der Waals surface area (Å²) in [5.41, 5.74) is 5.01. The maximum absolute atomic E-state index is 13.1. The lowest BCUT2D eigenvalue weighted by Crippen LogP contribution is -2.39. The molecule has 3 aliphatic carbocycles. The van der Waals surface area contributed by atoms with E-state index in [0.29, 0.717) is 55.2 Å². The van der Waals surface area contributed by atoms with Crippen LogP contribution in [0.3, 0.4) is 0 Å². The lowest BCUT2D eigenvalue weighted by atomic mass is 9.61. The first-order valence-corrected chi connectivity index (χ1v) is 25.9. The SMILES string of the molecule is O=C(OOC(=O)c1ccccc1-c1ccccc1)OC1CCC(C(C2CCC(OC(=O)OOC(=O)c3ccccc3-c3ccccc3)CC2)C2CCC(OC(=O)OOC(=O)c3ccccc3-c3ccccc3)CC2)CC1. The number of benzene rings is 6. The van der Waals surface area contributed by atoms with Crippen molar-refractivity contribution < 1.29 is 72.3 Å². The molecule has 392 valence electrons. The van der Waals surface area contributed by atoms with Gasteiger partial charge in [-0.1, -0.05) is 146 Å². The van der Waals surface area contributed by atoms with E-state index in [9.17, 15) is 28.8 Å². The van der Waals surface area contributed by atoms with Crippen molar-refractivity contribution in [3.63, 3.8) is 0 Å². The zero-order valence-corrected chi connectivity index (χ0v) is 41.7. The van der Waals surface area contributed by atoms with Crippen LogP contribution >= 0.6 is 0 Å². The highest BCUT2D eigenvalue weighted by Gasteiger charge is 2.42. The molecule has 0 saturated heterocycles. The van der Waals surface area contributed by atoms with Gasteiger partial charge in [0.05, 0.1) is 16.7 Å². The van der Waals surface area contributed by atoms with E-state index in [4.69, 9.17) is 43.5 Å². The number of rotatable bonds is 12. The van der Waals surface area contributed by atoms with Gasteiger partial charge in [0, 0.05) is 0 Å². The first-order valence-electron chi connectivity index (χ1n) is 25.9. The van der Waals surface area contributed by atoms with E-state index in [1.807, 2.05) is 91.0 Å². The predicted molar refractivity (Wildman–Crippen MR) is 275 cm³/mol. The molecule has 3 fully saturated rings. The normalized spacial score (nSPS) is 20.5. The minimum absolute atomic E-state index is 0.235. The number of carbonyl (C=O) groups is 6. The molecule has 0 spiro atoms. The van der Waals surface area contributed by atoms with Gasteiger partial charge in [0.1, 0.15) is 18.3 Å². The molecule has 76 heavy (non-hydrogen) atoms. The van der Waals surface area contributed by atoms with Gasteiger partial charge in [0.25, 0.3) is 0 Å². The van der Waals surface area contributed by atoms with Crippen molar-refractivity contribution in [1.29, 1.82) is 0 Å². The van der Waals surface area contributed by atoms with Crippen molar-refractivity contribution in [2.45, 2.75) is 95.4 Å². The third-order valence-electron chi connectivity index (χ3n) is 14.8. The van der Waals surface area contributed by atoms with Crippen LogP contribution in [-0.2, 0) is 43.5 Å². The van der Waals surface area contributed by atoms with Gasteiger partial charge in [0.15, 0.2) is 0 Å². The maximum atomic E-state index is 13.1. The van der Waals surface area contributed by atoms with Crippen molar-refractivity contribution in [1.82, 2.24) is 0 Å². The van der Waals surface area contributed by atoms with Gasteiger partial charge in [-0.25, -0.2) is 43.7 Å². The minimum atomic E-state index is -1.10. The summed E-state index contributed by atoms with van der Waals surface area (Å²) in [6, 6.07) is 48.6. The van der Waals surface area contributed by atoms with E-state index in [2.05, 4.69) is 0 Å². The van der Waals surface area contributed by atoms with Gasteiger partial charge in [-0.2, -0.15) is 14.4 Å². The van der Waals surface area contributed by atoms with Crippen molar-refractivity contribution in [3.8, 4) is 33.4 Å². The Hall–Kier alpha value is -8.46. The number of hydrogen-bond acceptors (Lipinski definition) is 15. The Kier molecular flexibility index (Phi) is 17.7. The Balaban J connectivity index is 0.778. The maximum Gasteiger partial charge on any atom is 0.550 e. The summed E-state index contributed by atoms with van der Waals surface area (Å²) in [6.07, 6.45) is 3.31. The predicted octanol–water partition coefficient (Wildman–Crippen LogP) is 14.1. The van der Waals surface area contributed by atoms with Crippen LogP contribution in [0.1, 0.15) is 108 Å². The highest BCUT2D eigenvalue weighted by Crippen LogP contribution is 2.48. The summed E-state index contributed by atoms with van der Waals surface area (Å²) < 4.78 is 17.0. The van der Waals surface area contributed by atoms with Crippen molar-refractivity contribution in [3.05, 3.63) is 180 Å². The molecule has 3 aliphatic rings. The highest BCUT2D eigenvalue weighted by molar-refractivity contribution is 5.98. The second-order valence-corrected chi connectivity index (χ2v) is 19.4. The summed E-state index contributed by atoms with van der Waals surface area (Å²) in [4.78, 5) is 107.